The lowest BCUT2D eigenvalue weighted by Crippen LogP contribution is -2.60. The summed E-state index contributed by atoms with van der Waals surface area (Å²) >= 11 is 0. The topological polar surface area (TPSA) is 99.9 Å². The van der Waals surface area contributed by atoms with E-state index >= 15 is 0 Å². The van der Waals surface area contributed by atoms with Gasteiger partial charge in [-0.05, 0) is 12.1 Å². The van der Waals surface area contributed by atoms with Crippen LogP contribution in [0.2, 0.25) is 0 Å². The van der Waals surface area contributed by atoms with E-state index < -0.39 is 5.60 Å². The van der Waals surface area contributed by atoms with Crippen LogP contribution >= 0.6 is 0 Å². The van der Waals surface area contributed by atoms with Crippen LogP contribution in [0.15, 0.2) is 35.5 Å². The van der Waals surface area contributed by atoms with Crippen molar-refractivity contribution in [3.63, 3.8) is 0 Å². The van der Waals surface area contributed by atoms with Gasteiger partial charge < -0.3 is 15.0 Å². The molecule has 4 heterocycles. The molecule has 1 fully saturated rings. The molecule has 0 radical (unpaired) electrons. The molecule has 1 saturated heterocycles. The smallest absolute Gasteiger partial charge is 0.251 e. The Labute approximate surface area is 125 Å². The number of fused-ring (bicyclic) bond motifs is 1. The van der Waals surface area contributed by atoms with Crippen molar-refractivity contribution in [2.75, 3.05) is 18.0 Å². The number of anilines is 1. The van der Waals surface area contributed by atoms with E-state index in [1.807, 2.05) is 17.0 Å². The minimum absolute atomic E-state index is 0.213. The van der Waals surface area contributed by atoms with Crippen LogP contribution in [0.25, 0.3) is 11.0 Å². The SMILES string of the molecule is Cn1ncnc1C1(O)CN(c2cc(=O)[nH]c3ncccc23)C1. The second-order valence-electron chi connectivity index (χ2n) is 5.51. The van der Waals surface area contributed by atoms with E-state index in [-0.39, 0.29) is 5.56 Å². The fourth-order valence-corrected chi connectivity index (χ4v) is 2.94. The van der Waals surface area contributed by atoms with Crippen LogP contribution in [0, 0.1) is 0 Å². The maximum Gasteiger partial charge on any atom is 0.251 e. The molecule has 0 aliphatic carbocycles. The quantitative estimate of drug-likeness (QED) is 0.677. The number of H-pyrrole nitrogens is 1. The zero-order chi connectivity index (χ0) is 15.3. The van der Waals surface area contributed by atoms with Gasteiger partial charge in [0.1, 0.15) is 12.0 Å². The maximum atomic E-state index is 11.8. The maximum absolute atomic E-state index is 11.8. The molecular formula is C14H14N6O2. The number of aryl methyl sites for hydroxylation is 1. The number of aromatic amines is 1. The molecule has 8 heteroatoms. The second kappa shape index (κ2) is 4.38. The van der Waals surface area contributed by atoms with E-state index in [1.165, 1.54) is 12.4 Å². The molecule has 8 nitrogen and oxygen atoms in total. The fraction of sp³-hybridized carbons (Fsp3) is 0.286. The third-order valence-corrected chi connectivity index (χ3v) is 3.97. The number of rotatable bonds is 2. The number of pyridine rings is 2. The van der Waals surface area contributed by atoms with Gasteiger partial charge in [0.2, 0.25) is 0 Å². The Kier molecular flexibility index (Phi) is 2.58. The van der Waals surface area contributed by atoms with Crippen molar-refractivity contribution in [2.45, 2.75) is 5.60 Å². The molecule has 3 aromatic rings. The van der Waals surface area contributed by atoms with Crippen molar-refractivity contribution in [2.24, 2.45) is 7.05 Å². The molecule has 2 N–H and O–H groups in total. The minimum atomic E-state index is -1.05. The lowest BCUT2D eigenvalue weighted by molar-refractivity contribution is -0.00406. The molecule has 1 aliphatic heterocycles. The summed E-state index contributed by atoms with van der Waals surface area (Å²) in [4.78, 5) is 24.7. The molecule has 1 aliphatic rings. The van der Waals surface area contributed by atoms with E-state index in [9.17, 15) is 9.90 Å². The Balaban J connectivity index is 1.72. The van der Waals surface area contributed by atoms with Gasteiger partial charge in [0, 0.05) is 24.7 Å². The zero-order valence-electron chi connectivity index (χ0n) is 11.9. The summed E-state index contributed by atoms with van der Waals surface area (Å²) in [6.45, 7) is 0.708. The van der Waals surface area contributed by atoms with Crippen LogP contribution < -0.4 is 10.5 Å². The van der Waals surface area contributed by atoms with E-state index in [0.717, 1.165) is 11.1 Å². The highest BCUT2D eigenvalue weighted by Crippen LogP contribution is 2.36. The molecule has 0 aromatic carbocycles. The van der Waals surface area contributed by atoms with E-state index in [0.29, 0.717) is 24.6 Å². The Hall–Kier alpha value is -2.74. The standard InChI is InChI=1S/C14H14N6O2/c1-19-13(16-8-17-19)14(22)6-20(7-14)10-5-11(21)18-12-9(10)3-2-4-15-12/h2-5,8,22H,6-7H2,1H3,(H,15,18,21). The Bertz CT molecular complexity index is 909. The van der Waals surface area contributed by atoms with Crippen molar-refractivity contribution in [1.82, 2.24) is 24.7 Å². The summed E-state index contributed by atoms with van der Waals surface area (Å²) in [6.07, 6.45) is 3.05. The molecule has 3 aromatic heterocycles. The van der Waals surface area contributed by atoms with Crippen molar-refractivity contribution in [3.8, 4) is 0 Å². The van der Waals surface area contributed by atoms with Crippen LogP contribution in [-0.4, -0.2) is 42.9 Å². The van der Waals surface area contributed by atoms with Gasteiger partial charge in [0.25, 0.3) is 5.56 Å². The molecule has 0 atom stereocenters. The van der Waals surface area contributed by atoms with Crippen LogP contribution in [0.5, 0.6) is 0 Å². The summed E-state index contributed by atoms with van der Waals surface area (Å²) < 4.78 is 1.56. The number of nitrogens with zero attached hydrogens (tertiary/aromatic N) is 5. The first-order chi connectivity index (χ1) is 10.6. The average molecular weight is 298 g/mol. The Morgan fingerprint density at radius 1 is 1.36 bits per heavy atom. The molecule has 0 saturated carbocycles. The van der Waals surface area contributed by atoms with E-state index in [2.05, 4.69) is 20.1 Å². The second-order valence-corrected chi connectivity index (χ2v) is 5.51. The first-order valence-corrected chi connectivity index (χ1v) is 6.87. The largest absolute Gasteiger partial charge is 0.378 e. The summed E-state index contributed by atoms with van der Waals surface area (Å²) in [5, 5.41) is 15.5. The predicted octanol–water partition coefficient (Wildman–Crippen LogP) is -0.241. The predicted molar refractivity (Wildman–Crippen MR) is 79.5 cm³/mol. The van der Waals surface area contributed by atoms with Gasteiger partial charge in [-0.2, -0.15) is 5.10 Å². The molecule has 0 amide bonds. The monoisotopic (exact) mass is 298 g/mol. The van der Waals surface area contributed by atoms with Crippen LogP contribution in [-0.2, 0) is 12.6 Å². The molecule has 0 spiro atoms. The molecule has 4 rings (SSSR count). The molecule has 112 valence electrons. The average Bonchev–Trinajstić information content (AvgIpc) is 2.90. The van der Waals surface area contributed by atoms with Gasteiger partial charge in [0.15, 0.2) is 11.4 Å². The highest BCUT2D eigenvalue weighted by atomic mass is 16.3. The lowest BCUT2D eigenvalue weighted by atomic mass is 9.92. The summed E-state index contributed by atoms with van der Waals surface area (Å²) in [6, 6.07) is 5.24. The highest BCUT2D eigenvalue weighted by molar-refractivity contribution is 5.89. The van der Waals surface area contributed by atoms with Gasteiger partial charge in [-0.25, -0.2) is 9.97 Å². The van der Waals surface area contributed by atoms with Gasteiger partial charge >= 0.3 is 0 Å². The number of aromatic nitrogens is 5. The minimum Gasteiger partial charge on any atom is -0.378 e. The third kappa shape index (κ3) is 1.81. The first kappa shape index (κ1) is 13.0. The Morgan fingerprint density at radius 3 is 2.91 bits per heavy atom. The molecular weight excluding hydrogens is 284 g/mol. The number of hydrogen-bond donors (Lipinski definition) is 2. The van der Waals surface area contributed by atoms with E-state index in [1.54, 1.807) is 17.9 Å². The first-order valence-electron chi connectivity index (χ1n) is 6.87. The summed E-state index contributed by atoms with van der Waals surface area (Å²) in [7, 11) is 1.75. The van der Waals surface area contributed by atoms with Crippen LogP contribution in [0.3, 0.4) is 0 Å². The van der Waals surface area contributed by atoms with Crippen molar-refractivity contribution in [1.29, 1.82) is 0 Å². The molecule has 22 heavy (non-hydrogen) atoms. The van der Waals surface area contributed by atoms with Gasteiger partial charge in [-0.1, -0.05) is 0 Å². The van der Waals surface area contributed by atoms with Crippen LogP contribution in [0.1, 0.15) is 5.82 Å². The molecule has 0 bridgehead atoms. The fourth-order valence-electron chi connectivity index (χ4n) is 2.94. The van der Waals surface area contributed by atoms with E-state index in [4.69, 9.17) is 0 Å². The number of aliphatic hydroxyl groups is 1. The van der Waals surface area contributed by atoms with Gasteiger partial charge in [0.05, 0.1) is 18.8 Å². The van der Waals surface area contributed by atoms with Crippen LogP contribution in [0.4, 0.5) is 5.69 Å². The number of nitrogens with one attached hydrogen (secondary N) is 1. The summed E-state index contributed by atoms with van der Waals surface area (Å²) in [5.74, 6) is 0.524. The summed E-state index contributed by atoms with van der Waals surface area (Å²) in [5.41, 5.74) is 0.0376. The normalized spacial score (nSPS) is 16.7. The van der Waals surface area contributed by atoms with Crippen molar-refractivity contribution >= 4 is 16.7 Å². The zero-order valence-corrected chi connectivity index (χ0v) is 11.9. The lowest BCUT2D eigenvalue weighted by Gasteiger charge is -2.47. The number of hydrogen-bond acceptors (Lipinski definition) is 6. The molecule has 0 unspecified atom stereocenters. The Morgan fingerprint density at radius 2 is 2.18 bits per heavy atom. The highest BCUT2D eigenvalue weighted by Gasteiger charge is 2.46. The van der Waals surface area contributed by atoms with Gasteiger partial charge in [-0.3, -0.25) is 9.48 Å². The van der Waals surface area contributed by atoms with Crippen molar-refractivity contribution in [3.05, 3.63) is 46.9 Å². The van der Waals surface area contributed by atoms with Crippen molar-refractivity contribution < 1.29 is 5.11 Å². The van der Waals surface area contributed by atoms with Gasteiger partial charge in [-0.15, -0.1) is 0 Å². The number of β-amino-alcohol motifs (C(OH)–C–C–N with tert-alkyl or cyclic N) is 1. The third-order valence-electron chi connectivity index (χ3n) is 3.97.